The van der Waals surface area contributed by atoms with Crippen molar-refractivity contribution >= 4 is 0 Å². The van der Waals surface area contributed by atoms with Gasteiger partial charge in [0.15, 0.2) is 0 Å². The Labute approximate surface area is 144 Å². The van der Waals surface area contributed by atoms with Crippen LogP contribution >= 0.6 is 0 Å². The molecule has 0 radical (unpaired) electrons. The van der Waals surface area contributed by atoms with Crippen LogP contribution in [-0.2, 0) is 6.61 Å². The van der Waals surface area contributed by atoms with E-state index in [0.717, 1.165) is 5.75 Å². The number of benzene rings is 3. The van der Waals surface area contributed by atoms with Crippen molar-refractivity contribution in [1.82, 2.24) is 0 Å². The summed E-state index contributed by atoms with van der Waals surface area (Å²) in [5.41, 5.74) is 4.99. The van der Waals surface area contributed by atoms with E-state index in [-0.39, 0.29) is 0 Å². The van der Waals surface area contributed by atoms with Crippen LogP contribution in [0.5, 0.6) is 5.75 Å². The maximum absolute atomic E-state index is 5.98. The normalized spacial score (nSPS) is 11.9. The largest absolute Gasteiger partial charge is 0.489 e. The molecule has 0 fully saturated rings. The molecular formula is C23H24O. The molecule has 3 aromatic rings. The lowest BCUT2D eigenvalue weighted by Crippen LogP contribution is -1.97. The monoisotopic (exact) mass is 316 g/mol. The molecule has 1 nitrogen and oxygen atoms in total. The van der Waals surface area contributed by atoms with E-state index in [4.69, 9.17) is 4.74 Å². The van der Waals surface area contributed by atoms with E-state index >= 15 is 0 Å². The van der Waals surface area contributed by atoms with E-state index < -0.39 is 0 Å². The van der Waals surface area contributed by atoms with Gasteiger partial charge in [0.05, 0.1) is 0 Å². The molecule has 0 amide bonds. The quantitative estimate of drug-likeness (QED) is 0.508. The van der Waals surface area contributed by atoms with Gasteiger partial charge in [0, 0.05) is 0 Å². The van der Waals surface area contributed by atoms with E-state index in [1.165, 1.54) is 28.7 Å². The molecule has 0 saturated heterocycles. The second-order valence-electron chi connectivity index (χ2n) is 6.23. The zero-order chi connectivity index (χ0) is 16.8. The highest BCUT2D eigenvalue weighted by molar-refractivity contribution is 5.64. The van der Waals surface area contributed by atoms with Crippen LogP contribution in [0.3, 0.4) is 0 Å². The van der Waals surface area contributed by atoms with E-state index in [2.05, 4.69) is 74.5 Å². The zero-order valence-electron chi connectivity index (χ0n) is 14.4. The van der Waals surface area contributed by atoms with Gasteiger partial charge in [0.1, 0.15) is 12.4 Å². The average Bonchev–Trinajstić information content (AvgIpc) is 2.67. The first kappa shape index (κ1) is 16.3. The van der Waals surface area contributed by atoms with Gasteiger partial charge in [-0.05, 0) is 46.7 Å². The first-order valence-corrected chi connectivity index (χ1v) is 8.63. The predicted octanol–water partition coefficient (Wildman–Crippen LogP) is 6.45. The van der Waals surface area contributed by atoms with E-state index in [9.17, 15) is 0 Å². The van der Waals surface area contributed by atoms with Crippen LogP contribution in [0.2, 0.25) is 0 Å². The van der Waals surface area contributed by atoms with E-state index in [1.807, 2.05) is 18.2 Å². The van der Waals surface area contributed by atoms with Crippen molar-refractivity contribution in [2.24, 2.45) is 0 Å². The molecule has 0 aliphatic heterocycles. The zero-order valence-corrected chi connectivity index (χ0v) is 14.4. The molecule has 1 unspecified atom stereocenters. The molecule has 0 saturated carbocycles. The molecule has 0 spiro atoms. The van der Waals surface area contributed by atoms with Crippen LogP contribution in [0.15, 0.2) is 78.9 Å². The third-order valence-corrected chi connectivity index (χ3v) is 4.51. The summed E-state index contributed by atoms with van der Waals surface area (Å²) in [6.07, 6.45) is 1.17. The lowest BCUT2D eigenvalue weighted by molar-refractivity contribution is 0.306. The number of hydrogen-bond donors (Lipinski definition) is 0. The molecule has 3 aromatic carbocycles. The highest BCUT2D eigenvalue weighted by atomic mass is 16.5. The summed E-state index contributed by atoms with van der Waals surface area (Å²) >= 11 is 0. The van der Waals surface area contributed by atoms with Crippen molar-refractivity contribution in [1.29, 1.82) is 0 Å². The van der Waals surface area contributed by atoms with Gasteiger partial charge in [-0.1, -0.05) is 80.6 Å². The fourth-order valence-corrected chi connectivity index (χ4v) is 2.74. The summed E-state index contributed by atoms with van der Waals surface area (Å²) in [4.78, 5) is 0. The first-order chi connectivity index (χ1) is 11.8. The Morgan fingerprint density at radius 2 is 1.50 bits per heavy atom. The molecule has 0 bridgehead atoms. The van der Waals surface area contributed by atoms with Gasteiger partial charge < -0.3 is 4.74 Å². The number of ether oxygens (including phenoxy) is 1. The van der Waals surface area contributed by atoms with Crippen molar-refractivity contribution in [2.45, 2.75) is 32.8 Å². The van der Waals surface area contributed by atoms with Crippen LogP contribution in [0.4, 0.5) is 0 Å². The van der Waals surface area contributed by atoms with Gasteiger partial charge in [-0.25, -0.2) is 0 Å². The summed E-state index contributed by atoms with van der Waals surface area (Å²) in [5, 5.41) is 0. The Bertz CT molecular complexity index is 760. The fraction of sp³-hybridized carbons (Fsp3) is 0.217. The number of hydrogen-bond acceptors (Lipinski definition) is 1. The maximum Gasteiger partial charge on any atom is 0.120 e. The van der Waals surface area contributed by atoms with Crippen LogP contribution in [-0.4, -0.2) is 0 Å². The molecule has 0 aliphatic rings. The standard InChI is InChI=1S/C23H24O/c1-3-18(2)20-14-12-19(13-15-20)17-24-23-11-7-10-22(16-23)21-8-5-4-6-9-21/h4-16,18H,3,17H2,1-2H3. The van der Waals surface area contributed by atoms with Gasteiger partial charge >= 0.3 is 0 Å². The maximum atomic E-state index is 5.98. The Kier molecular flexibility index (Phi) is 5.32. The van der Waals surface area contributed by atoms with E-state index in [0.29, 0.717) is 12.5 Å². The van der Waals surface area contributed by atoms with Gasteiger partial charge in [0.2, 0.25) is 0 Å². The molecular weight excluding hydrogens is 292 g/mol. The summed E-state index contributed by atoms with van der Waals surface area (Å²) in [6.45, 7) is 5.08. The topological polar surface area (TPSA) is 9.23 Å². The molecule has 0 heterocycles. The highest BCUT2D eigenvalue weighted by Gasteiger charge is 2.04. The van der Waals surface area contributed by atoms with Crippen molar-refractivity contribution in [3.63, 3.8) is 0 Å². The molecule has 3 rings (SSSR count). The second kappa shape index (κ2) is 7.83. The summed E-state index contributed by atoms with van der Waals surface area (Å²) in [6, 6.07) is 27.4. The SMILES string of the molecule is CCC(C)c1ccc(COc2cccc(-c3ccccc3)c2)cc1. The first-order valence-electron chi connectivity index (χ1n) is 8.63. The lowest BCUT2D eigenvalue weighted by atomic mass is 9.98. The number of rotatable bonds is 6. The molecule has 0 aliphatic carbocycles. The third kappa shape index (κ3) is 4.05. The van der Waals surface area contributed by atoms with Crippen LogP contribution in [0.25, 0.3) is 11.1 Å². The van der Waals surface area contributed by atoms with Gasteiger partial charge in [-0.2, -0.15) is 0 Å². The van der Waals surface area contributed by atoms with Crippen molar-refractivity contribution in [3.8, 4) is 16.9 Å². The van der Waals surface area contributed by atoms with Gasteiger partial charge in [-0.15, -0.1) is 0 Å². The van der Waals surface area contributed by atoms with Crippen molar-refractivity contribution in [3.05, 3.63) is 90.0 Å². The summed E-state index contributed by atoms with van der Waals surface area (Å²) in [7, 11) is 0. The second-order valence-corrected chi connectivity index (χ2v) is 6.23. The highest BCUT2D eigenvalue weighted by Crippen LogP contribution is 2.24. The van der Waals surface area contributed by atoms with Crippen LogP contribution in [0.1, 0.15) is 37.3 Å². The van der Waals surface area contributed by atoms with Crippen LogP contribution in [0, 0.1) is 0 Å². The minimum absolute atomic E-state index is 0.596. The molecule has 122 valence electrons. The van der Waals surface area contributed by atoms with Gasteiger partial charge in [0.25, 0.3) is 0 Å². The van der Waals surface area contributed by atoms with Crippen molar-refractivity contribution in [2.75, 3.05) is 0 Å². The Morgan fingerprint density at radius 3 is 2.21 bits per heavy atom. The lowest BCUT2D eigenvalue weighted by Gasteiger charge is -2.11. The van der Waals surface area contributed by atoms with Crippen molar-refractivity contribution < 1.29 is 4.74 Å². The molecule has 0 aromatic heterocycles. The Hall–Kier alpha value is -2.54. The average molecular weight is 316 g/mol. The third-order valence-electron chi connectivity index (χ3n) is 4.51. The smallest absolute Gasteiger partial charge is 0.120 e. The van der Waals surface area contributed by atoms with E-state index in [1.54, 1.807) is 0 Å². The molecule has 1 heteroatoms. The minimum Gasteiger partial charge on any atom is -0.489 e. The molecule has 0 N–H and O–H groups in total. The fourth-order valence-electron chi connectivity index (χ4n) is 2.74. The Balaban J connectivity index is 1.67. The summed E-state index contributed by atoms with van der Waals surface area (Å²) < 4.78 is 5.98. The molecule has 24 heavy (non-hydrogen) atoms. The predicted molar refractivity (Wildman–Crippen MR) is 101 cm³/mol. The summed E-state index contributed by atoms with van der Waals surface area (Å²) in [5.74, 6) is 1.52. The van der Waals surface area contributed by atoms with Gasteiger partial charge in [-0.3, -0.25) is 0 Å². The Morgan fingerprint density at radius 1 is 0.792 bits per heavy atom. The van der Waals surface area contributed by atoms with Crippen LogP contribution < -0.4 is 4.74 Å². The molecule has 1 atom stereocenters. The minimum atomic E-state index is 0.596.